The Bertz CT molecular complexity index is 385. The van der Waals surface area contributed by atoms with Crippen LogP contribution in [0.25, 0.3) is 0 Å². The van der Waals surface area contributed by atoms with Crippen molar-refractivity contribution in [1.82, 2.24) is 0 Å². The van der Waals surface area contributed by atoms with Crippen molar-refractivity contribution < 1.29 is 9.53 Å². The van der Waals surface area contributed by atoms with Crippen LogP contribution in [0.2, 0.25) is 0 Å². The summed E-state index contributed by atoms with van der Waals surface area (Å²) in [7, 11) is 0. The predicted octanol–water partition coefficient (Wildman–Crippen LogP) is 5.25. The average Bonchev–Trinajstić information content (AvgIpc) is 2.61. The normalized spacial score (nSPS) is 31.3. The van der Waals surface area contributed by atoms with Crippen LogP contribution in [-0.4, -0.2) is 12.6 Å². The number of rotatable bonds is 7. The largest absolute Gasteiger partial charge is 0.450 e. The number of hydrogen-bond acceptors (Lipinski definition) is 3. The summed E-state index contributed by atoms with van der Waals surface area (Å²) in [4.78, 5) is 11.8. The molecule has 0 aromatic heterocycles. The number of nitrogens with zero attached hydrogens (tertiary/aromatic N) is 1. The van der Waals surface area contributed by atoms with Crippen LogP contribution in [0.1, 0.15) is 84.0 Å². The van der Waals surface area contributed by atoms with Crippen LogP contribution >= 0.6 is 0 Å². The lowest BCUT2D eigenvalue weighted by Crippen LogP contribution is -2.29. The van der Waals surface area contributed by atoms with Gasteiger partial charge in [0.2, 0.25) is 0 Å². The van der Waals surface area contributed by atoms with Gasteiger partial charge >= 0.3 is 5.97 Å². The van der Waals surface area contributed by atoms with E-state index in [1.54, 1.807) is 0 Å². The van der Waals surface area contributed by atoms with Crippen LogP contribution in [0, 0.1) is 35.0 Å². The zero-order chi connectivity index (χ0) is 16.5. The van der Waals surface area contributed by atoms with Gasteiger partial charge in [0.05, 0.1) is 5.92 Å². The van der Waals surface area contributed by atoms with Gasteiger partial charge in [-0.05, 0) is 56.3 Å². The Kier molecular flexibility index (Phi) is 7.92. The van der Waals surface area contributed by atoms with E-state index in [1.807, 2.05) is 6.07 Å². The summed E-state index contributed by atoms with van der Waals surface area (Å²) in [6.07, 6.45) is 15.5. The van der Waals surface area contributed by atoms with Crippen LogP contribution < -0.4 is 0 Å². The monoisotopic (exact) mass is 319 g/mol. The van der Waals surface area contributed by atoms with Crippen molar-refractivity contribution >= 4 is 5.97 Å². The first-order valence-electron chi connectivity index (χ1n) is 9.78. The molecule has 2 fully saturated rings. The van der Waals surface area contributed by atoms with Crippen molar-refractivity contribution in [1.29, 1.82) is 5.26 Å². The summed E-state index contributed by atoms with van der Waals surface area (Å²) in [5.41, 5.74) is 0. The Labute approximate surface area is 141 Å². The molecule has 0 atom stereocenters. The van der Waals surface area contributed by atoms with E-state index < -0.39 is 0 Å². The lowest BCUT2D eigenvalue weighted by molar-refractivity contribution is -0.148. The van der Waals surface area contributed by atoms with Crippen LogP contribution in [0.5, 0.6) is 0 Å². The molecule has 0 amide bonds. The molecule has 2 aliphatic carbocycles. The Balaban J connectivity index is 1.65. The molecule has 0 bridgehead atoms. The van der Waals surface area contributed by atoms with Gasteiger partial charge in [0.25, 0.3) is 0 Å². The number of nitriles is 1. The fraction of sp³-hybridized carbons (Fsp3) is 0.900. The Morgan fingerprint density at radius 2 is 1.61 bits per heavy atom. The van der Waals surface area contributed by atoms with E-state index >= 15 is 0 Å². The van der Waals surface area contributed by atoms with Crippen molar-refractivity contribution in [2.75, 3.05) is 6.61 Å². The molecular formula is C20H33NO2. The number of unbranched alkanes of at least 4 members (excludes halogenated alkanes) is 2. The molecule has 0 saturated heterocycles. The molecule has 0 heterocycles. The summed E-state index contributed by atoms with van der Waals surface area (Å²) in [5, 5.41) is 8.49. The lowest BCUT2D eigenvalue weighted by atomic mass is 9.68. The van der Waals surface area contributed by atoms with Gasteiger partial charge in [-0.2, -0.15) is 5.26 Å². The summed E-state index contributed by atoms with van der Waals surface area (Å²) >= 11 is 0. The van der Waals surface area contributed by atoms with E-state index in [0.717, 1.165) is 30.6 Å². The number of carbonyl (C=O) groups is 1. The van der Waals surface area contributed by atoms with E-state index in [0.29, 0.717) is 0 Å². The molecular weight excluding hydrogens is 286 g/mol. The van der Waals surface area contributed by atoms with E-state index in [1.165, 1.54) is 64.2 Å². The first-order valence-corrected chi connectivity index (χ1v) is 9.78. The molecule has 23 heavy (non-hydrogen) atoms. The van der Waals surface area contributed by atoms with Crippen molar-refractivity contribution in [3.8, 4) is 6.07 Å². The smallest absolute Gasteiger partial charge is 0.309 e. The van der Waals surface area contributed by atoms with Gasteiger partial charge in [-0.15, -0.1) is 0 Å². The third-order valence-electron chi connectivity index (χ3n) is 6.16. The van der Waals surface area contributed by atoms with E-state index in [4.69, 9.17) is 10.00 Å². The van der Waals surface area contributed by atoms with Crippen LogP contribution in [0.4, 0.5) is 0 Å². The summed E-state index contributed by atoms with van der Waals surface area (Å²) in [6.45, 7) is 2.18. The predicted molar refractivity (Wildman–Crippen MR) is 91.6 cm³/mol. The number of ether oxygens (including phenoxy) is 1. The molecule has 2 rings (SSSR count). The minimum atomic E-state index is -0.148. The third kappa shape index (κ3) is 5.83. The highest BCUT2D eigenvalue weighted by atomic mass is 16.5. The van der Waals surface area contributed by atoms with Gasteiger partial charge in [-0.3, -0.25) is 4.79 Å². The average molecular weight is 319 g/mol. The Hall–Kier alpha value is -1.04. The molecule has 2 aliphatic rings. The fourth-order valence-corrected chi connectivity index (χ4v) is 4.68. The first kappa shape index (κ1) is 18.3. The molecule has 0 aromatic rings. The van der Waals surface area contributed by atoms with Gasteiger partial charge in [-0.1, -0.05) is 45.4 Å². The topological polar surface area (TPSA) is 50.1 Å². The summed E-state index contributed by atoms with van der Waals surface area (Å²) < 4.78 is 4.97. The van der Waals surface area contributed by atoms with E-state index in [9.17, 15) is 4.79 Å². The maximum absolute atomic E-state index is 11.8. The molecule has 0 spiro atoms. The molecule has 2 saturated carbocycles. The second-order valence-corrected chi connectivity index (χ2v) is 7.65. The second kappa shape index (κ2) is 9.96. The van der Waals surface area contributed by atoms with Crippen molar-refractivity contribution in [3.05, 3.63) is 0 Å². The molecule has 0 N–H and O–H groups in total. The summed E-state index contributed by atoms with van der Waals surface area (Å²) in [6, 6.07) is 1.88. The molecule has 0 radical (unpaired) electrons. The Morgan fingerprint density at radius 1 is 1.00 bits per heavy atom. The minimum Gasteiger partial charge on any atom is -0.450 e. The molecule has 3 nitrogen and oxygen atoms in total. The number of carbonyl (C=O) groups excluding carboxylic acids is 1. The molecule has 0 aliphatic heterocycles. The second-order valence-electron chi connectivity index (χ2n) is 7.65. The SMILES string of the molecule is CCCCCC1CCC(C2CCC(C(=O)OCC#N)CC2)CC1. The van der Waals surface area contributed by atoms with Crippen molar-refractivity contribution in [3.63, 3.8) is 0 Å². The number of hydrogen-bond donors (Lipinski definition) is 0. The highest BCUT2D eigenvalue weighted by Crippen LogP contribution is 2.42. The Morgan fingerprint density at radius 3 is 2.17 bits per heavy atom. The maximum atomic E-state index is 11.8. The van der Waals surface area contributed by atoms with Crippen molar-refractivity contribution in [2.24, 2.45) is 23.7 Å². The fourth-order valence-electron chi connectivity index (χ4n) is 4.68. The minimum absolute atomic E-state index is 0.0463. The van der Waals surface area contributed by atoms with Gasteiger partial charge in [0.15, 0.2) is 6.61 Å². The standard InChI is InChI=1S/C20H33NO2/c1-2-3-4-5-16-6-8-17(9-7-16)18-10-12-19(13-11-18)20(22)23-15-14-21/h16-19H,2-13,15H2,1H3. The van der Waals surface area contributed by atoms with E-state index in [2.05, 4.69) is 6.92 Å². The maximum Gasteiger partial charge on any atom is 0.309 e. The zero-order valence-electron chi connectivity index (χ0n) is 14.8. The van der Waals surface area contributed by atoms with Crippen LogP contribution in [0.3, 0.4) is 0 Å². The molecule has 3 heteroatoms. The van der Waals surface area contributed by atoms with Gasteiger partial charge < -0.3 is 4.74 Å². The molecule has 0 aromatic carbocycles. The van der Waals surface area contributed by atoms with Crippen LogP contribution in [0.15, 0.2) is 0 Å². The zero-order valence-corrected chi connectivity index (χ0v) is 14.8. The lowest BCUT2D eigenvalue weighted by Gasteiger charge is -2.37. The quantitative estimate of drug-likeness (QED) is 0.476. The molecule has 130 valence electrons. The molecule has 0 unspecified atom stereocenters. The number of esters is 1. The highest BCUT2D eigenvalue weighted by Gasteiger charge is 2.33. The van der Waals surface area contributed by atoms with Crippen LogP contribution in [-0.2, 0) is 9.53 Å². The van der Waals surface area contributed by atoms with Gasteiger partial charge in [0.1, 0.15) is 6.07 Å². The van der Waals surface area contributed by atoms with E-state index in [-0.39, 0.29) is 18.5 Å². The third-order valence-corrected chi connectivity index (χ3v) is 6.16. The van der Waals surface area contributed by atoms with Gasteiger partial charge in [0, 0.05) is 0 Å². The van der Waals surface area contributed by atoms with Crippen molar-refractivity contribution in [2.45, 2.75) is 84.0 Å². The first-order chi connectivity index (χ1) is 11.2. The summed E-state index contributed by atoms with van der Waals surface area (Å²) in [5.74, 6) is 2.60. The highest BCUT2D eigenvalue weighted by molar-refractivity contribution is 5.72. The van der Waals surface area contributed by atoms with Gasteiger partial charge in [-0.25, -0.2) is 0 Å².